The van der Waals surface area contributed by atoms with E-state index in [0.29, 0.717) is 26.3 Å². The quantitative estimate of drug-likeness (QED) is 0.288. The molecule has 0 fully saturated rings. The molecule has 0 aliphatic heterocycles. The van der Waals surface area contributed by atoms with Crippen LogP contribution in [0.4, 0.5) is 4.79 Å². The molecular weight excluding hydrogens is 260 g/mol. The first-order valence-electron chi connectivity index (χ1n) is 7.01. The summed E-state index contributed by atoms with van der Waals surface area (Å²) in [6, 6.07) is 0. The number of carbonyl (C=O) groups excluding carboxylic acids is 1. The molecule has 0 heterocycles. The van der Waals surface area contributed by atoms with Crippen LogP contribution in [0.15, 0.2) is 5.11 Å². The number of unbranched alkanes of at least 4 members (excludes halogenated alkanes) is 2. The summed E-state index contributed by atoms with van der Waals surface area (Å²) in [5.41, 5.74) is 7.62. The summed E-state index contributed by atoms with van der Waals surface area (Å²) < 4.78 is 10.5. The van der Waals surface area contributed by atoms with Gasteiger partial charge < -0.3 is 14.8 Å². The Morgan fingerprint density at radius 3 is 2.45 bits per heavy atom. The van der Waals surface area contributed by atoms with Crippen LogP contribution in [-0.4, -0.2) is 38.0 Å². The van der Waals surface area contributed by atoms with E-state index < -0.39 is 5.60 Å². The molecule has 0 spiro atoms. The molecule has 1 N–H and O–H groups in total. The molecule has 0 rings (SSSR count). The molecule has 0 aromatic carbocycles. The largest absolute Gasteiger partial charge is 0.444 e. The van der Waals surface area contributed by atoms with Gasteiger partial charge in [-0.05, 0) is 52.0 Å². The molecule has 116 valence electrons. The van der Waals surface area contributed by atoms with E-state index in [9.17, 15) is 4.79 Å². The Hall–Kier alpha value is -1.46. The number of hydrogen-bond acceptors (Lipinski definition) is 4. The highest BCUT2D eigenvalue weighted by molar-refractivity contribution is 5.67. The SMILES string of the molecule is CC(C)(C)OC(=O)NCCCCOCCCCN=[N+]=[N-]. The van der Waals surface area contributed by atoms with Crippen molar-refractivity contribution in [3.63, 3.8) is 0 Å². The van der Waals surface area contributed by atoms with Crippen LogP contribution >= 0.6 is 0 Å². The zero-order valence-electron chi connectivity index (χ0n) is 12.7. The summed E-state index contributed by atoms with van der Waals surface area (Å²) in [7, 11) is 0. The third-order valence-corrected chi connectivity index (χ3v) is 2.24. The monoisotopic (exact) mass is 286 g/mol. The summed E-state index contributed by atoms with van der Waals surface area (Å²) in [5, 5.41) is 6.15. The number of amides is 1. The number of carbonyl (C=O) groups is 1. The van der Waals surface area contributed by atoms with Gasteiger partial charge in [0.15, 0.2) is 0 Å². The molecule has 0 aromatic heterocycles. The second-order valence-electron chi connectivity index (χ2n) is 5.41. The van der Waals surface area contributed by atoms with Gasteiger partial charge in [0.25, 0.3) is 0 Å². The second kappa shape index (κ2) is 11.4. The zero-order valence-corrected chi connectivity index (χ0v) is 12.7. The van der Waals surface area contributed by atoms with Gasteiger partial charge in [-0.15, -0.1) is 0 Å². The van der Waals surface area contributed by atoms with E-state index in [1.165, 1.54) is 0 Å². The highest BCUT2D eigenvalue weighted by Crippen LogP contribution is 2.06. The minimum absolute atomic E-state index is 0.378. The predicted octanol–water partition coefficient (Wildman–Crippen LogP) is 3.40. The van der Waals surface area contributed by atoms with E-state index in [1.807, 2.05) is 20.8 Å². The number of alkyl carbamates (subject to hydrolysis) is 1. The van der Waals surface area contributed by atoms with Gasteiger partial charge in [-0.1, -0.05) is 5.11 Å². The van der Waals surface area contributed by atoms with Crippen molar-refractivity contribution in [1.29, 1.82) is 0 Å². The van der Waals surface area contributed by atoms with Crippen molar-refractivity contribution >= 4 is 6.09 Å². The summed E-state index contributed by atoms with van der Waals surface area (Å²) in [4.78, 5) is 14.0. The summed E-state index contributed by atoms with van der Waals surface area (Å²) in [6.07, 6.45) is 3.13. The first kappa shape index (κ1) is 18.5. The number of ether oxygens (including phenoxy) is 2. The first-order valence-corrected chi connectivity index (χ1v) is 7.01. The fourth-order valence-corrected chi connectivity index (χ4v) is 1.37. The van der Waals surface area contributed by atoms with E-state index in [2.05, 4.69) is 15.3 Å². The standard InChI is InChI=1S/C13H26N4O3/c1-13(2,3)20-12(18)15-8-4-6-10-19-11-7-5-9-16-17-14/h4-11H2,1-3H3,(H,15,18). The Balaban J connectivity index is 3.24. The van der Waals surface area contributed by atoms with E-state index in [-0.39, 0.29) is 6.09 Å². The van der Waals surface area contributed by atoms with E-state index in [1.54, 1.807) is 0 Å². The van der Waals surface area contributed by atoms with Crippen LogP contribution in [0.2, 0.25) is 0 Å². The molecule has 0 atom stereocenters. The number of rotatable bonds is 10. The topological polar surface area (TPSA) is 96.3 Å². The Bertz CT molecular complexity index is 309. The van der Waals surface area contributed by atoms with Crippen LogP contribution < -0.4 is 5.32 Å². The van der Waals surface area contributed by atoms with Crippen molar-refractivity contribution in [1.82, 2.24) is 5.32 Å². The van der Waals surface area contributed by atoms with Gasteiger partial charge in [-0.3, -0.25) is 0 Å². The van der Waals surface area contributed by atoms with Crippen LogP contribution in [0.1, 0.15) is 46.5 Å². The molecule has 0 unspecified atom stereocenters. The molecule has 0 radical (unpaired) electrons. The predicted molar refractivity (Wildman–Crippen MR) is 77.5 cm³/mol. The lowest BCUT2D eigenvalue weighted by Gasteiger charge is -2.19. The van der Waals surface area contributed by atoms with Crippen LogP contribution in [0, 0.1) is 0 Å². The Morgan fingerprint density at radius 2 is 1.85 bits per heavy atom. The third-order valence-electron chi connectivity index (χ3n) is 2.24. The van der Waals surface area contributed by atoms with E-state index in [0.717, 1.165) is 25.7 Å². The minimum Gasteiger partial charge on any atom is -0.444 e. The average Bonchev–Trinajstić information content (AvgIpc) is 2.34. The van der Waals surface area contributed by atoms with E-state index in [4.69, 9.17) is 15.0 Å². The fourth-order valence-electron chi connectivity index (χ4n) is 1.37. The lowest BCUT2D eigenvalue weighted by atomic mass is 10.2. The van der Waals surface area contributed by atoms with Crippen molar-refractivity contribution < 1.29 is 14.3 Å². The lowest BCUT2D eigenvalue weighted by molar-refractivity contribution is 0.0524. The summed E-state index contributed by atoms with van der Waals surface area (Å²) >= 11 is 0. The van der Waals surface area contributed by atoms with E-state index >= 15 is 0 Å². The summed E-state index contributed by atoms with van der Waals surface area (Å²) in [6.45, 7) is 7.99. The van der Waals surface area contributed by atoms with Gasteiger partial charge in [0.2, 0.25) is 0 Å². The van der Waals surface area contributed by atoms with Gasteiger partial charge >= 0.3 is 6.09 Å². The molecule has 7 nitrogen and oxygen atoms in total. The van der Waals surface area contributed by atoms with Crippen LogP contribution in [0.3, 0.4) is 0 Å². The lowest BCUT2D eigenvalue weighted by Crippen LogP contribution is -2.33. The van der Waals surface area contributed by atoms with Gasteiger partial charge in [0.1, 0.15) is 5.60 Å². The molecule has 0 bridgehead atoms. The van der Waals surface area contributed by atoms with Gasteiger partial charge in [-0.25, -0.2) is 4.79 Å². The maximum absolute atomic E-state index is 11.3. The maximum Gasteiger partial charge on any atom is 0.407 e. The molecule has 20 heavy (non-hydrogen) atoms. The smallest absolute Gasteiger partial charge is 0.407 e. The molecule has 0 aromatic rings. The minimum atomic E-state index is -0.456. The molecule has 0 saturated heterocycles. The molecule has 7 heteroatoms. The third kappa shape index (κ3) is 14.6. The molecule has 0 aliphatic carbocycles. The Labute approximate surface area is 120 Å². The van der Waals surface area contributed by atoms with Crippen molar-refractivity contribution in [2.45, 2.75) is 52.1 Å². The molecule has 0 saturated carbocycles. The maximum atomic E-state index is 11.3. The number of nitrogens with one attached hydrogen (secondary N) is 1. The Morgan fingerprint density at radius 1 is 1.20 bits per heavy atom. The average molecular weight is 286 g/mol. The molecular formula is C13H26N4O3. The second-order valence-corrected chi connectivity index (χ2v) is 5.41. The van der Waals surface area contributed by atoms with Gasteiger partial charge in [0.05, 0.1) is 0 Å². The molecule has 1 amide bonds. The number of azide groups is 1. The highest BCUT2D eigenvalue weighted by Gasteiger charge is 2.15. The normalized spacial score (nSPS) is 10.8. The van der Waals surface area contributed by atoms with Crippen LogP contribution in [-0.2, 0) is 9.47 Å². The highest BCUT2D eigenvalue weighted by atomic mass is 16.6. The first-order chi connectivity index (χ1) is 9.45. The zero-order chi connectivity index (χ0) is 15.3. The summed E-state index contributed by atoms with van der Waals surface area (Å²) in [5.74, 6) is 0. The van der Waals surface area contributed by atoms with Crippen molar-refractivity contribution in [3.8, 4) is 0 Å². The Kier molecular flexibility index (Phi) is 10.5. The fraction of sp³-hybridized carbons (Fsp3) is 0.923. The van der Waals surface area contributed by atoms with Crippen molar-refractivity contribution in [3.05, 3.63) is 10.4 Å². The van der Waals surface area contributed by atoms with Crippen molar-refractivity contribution in [2.24, 2.45) is 5.11 Å². The van der Waals surface area contributed by atoms with Gasteiger partial charge in [-0.2, -0.15) is 0 Å². The molecule has 0 aliphatic rings. The van der Waals surface area contributed by atoms with Crippen LogP contribution in [0.5, 0.6) is 0 Å². The number of hydrogen-bond donors (Lipinski definition) is 1. The number of nitrogens with zero attached hydrogens (tertiary/aromatic N) is 3. The van der Waals surface area contributed by atoms with Crippen molar-refractivity contribution in [2.75, 3.05) is 26.3 Å². The van der Waals surface area contributed by atoms with Gasteiger partial charge in [0, 0.05) is 31.2 Å². The van der Waals surface area contributed by atoms with Crippen LogP contribution in [0.25, 0.3) is 10.4 Å².